The van der Waals surface area contributed by atoms with Crippen molar-refractivity contribution in [2.24, 2.45) is 0 Å². The molecule has 0 spiro atoms. The zero-order valence-corrected chi connectivity index (χ0v) is 17.7. The Morgan fingerprint density at radius 2 is 1.94 bits per heavy atom. The van der Waals surface area contributed by atoms with Gasteiger partial charge >= 0.3 is 6.18 Å². The Balaban J connectivity index is 1.41. The van der Waals surface area contributed by atoms with Crippen LogP contribution in [0.25, 0.3) is 22.2 Å². The quantitative estimate of drug-likeness (QED) is 0.447. The number of nitrogens with zero attached hydrogens (tertiary/aromatic N) is 4. The van der Waals surface area contributed by atoms with Crippen LogP contribution in [0.2, 0.25) is 0 Å². The average Bonchev–Trinajstić information content (AvgIpc) is 3.30. The van der Waals surface area contributed by atoms with Gasteiger partial charge in [0.25, 0.3) is 0 Å². The van der Waals surface area contributed by atoms with E-state index >= 15 is 0 Å². The second-order valence-electron chi connectivity index (χ2n) is 7.94. The molecule has 1 aromatic carbocycles. The Hall–Kier alpha value is -3.75. The molecule has 33 heavy (non-hydrogen) atoms. The Bertz CT molecular complexity index is 1330. The summed E-state index contributed by atoms with van der Waals surface area (Å²) in [6.45, 7) is 3.26. The summed E-state index contributed by atoms with van der Waals surface area (Å²) < 4.78 is 46.7. The molecule has 0 saturated carbocycles. The predicted molar refractivity (Wildman–Crippen MR) is 118 cm³/mol. The molecule has 0 radical (unpaired) electrons. The molecule has 0 aliphatic carbocycles. The van der Waals surface area contributed by atoms with Crippen molar-refractivity contribution in [3.05, 3.63) is 71.9 Å². The summed E-state index contributed by atoms with van der Waals surface area (Å²) in [6.07, 6.45) is 0.762. The van der Waals surface area contributed by atoms with Crippen molar-refractivity contribution < 1.29 is 17.9 Å². The number of hydrogen-bond donors (Lipinski definition) is 1. The third-order valence-corrected chi connectivity index (χ3v) is 5.69. The lowest BCUT2D eigenvalue weighted by atomic mass is 10.00. The van der Waals surface area contributed by atoms with Gasteiger partial charge in [0.1, 0.15) is 17.9 Å². The normalized spacial score (nSPS) is 14.1. The van der Waals surface area contributed by atoms with Gasteiger partial charge in [0.2, 0.25) is 0 Å². The highest BCUT2D eigenvalue weighted by molar-refractivity contribution is 5.87. The minimum absolute atomic E-state index is 0.0814. The molecule has 6 nitrogen and oxygen atoms in total. The lowest BCUT2D eigenvalue weighted by molar-refractivity contribution is -0.136. The summed E-state index contributed by atoms with van der Waals surface area (Å²) >= 11 is 0. The zero-order chi connectivity index (χ0) is 23.0. The number of pyridine rings is 2. The van der Waals surface area contributed by atoms with Gasteiger partial charge in [0, 0.05) is 53.9 Å². The number of anilines is 1. The Morgan fingerprint density at radius 3 is 2.79 bits per heavy atom. The molecule has 0 saturated heterocycles. The van der Waals surface area contributed by atoms with Gasteiger partial charge in [0.15, 0.2) is 0 Å². The highest BCUT2D eigenvalue weighted by Crippen LogP contribution is 2.37. The number of nitrogens with one attached hydrogen (secondary N) is 1. The SMILES string of the molecule is CC(CNc1cc(-c2cc(C(F)(F)F)c3ncccc3c2)ncn1)c1ccnc2c1OCC2. The Labute approximate surface area is 187 Å². The van der Waals surface area contributed by atoms with Gasteiger partial charge in [-0.05, 0) is 24.3 Å². The summed E-state index contributed by atoms with van der Waals surface area (Å²) in [4.78, 5) is 16.7. The summed E-state index contributed by atoms with van der Waals surface area (Å²) in [5.74, 6) is 1.49. The number of fused-ring (bicyclic) bond motifs is 2. The van der Waals surface area contributed by atoms with Crippen LogP contribution in [0, 0.1) is 0 Å². The van der Waals surface area contributed by atoms with E-state index in [2.05, 4.69) is 32.2 Å². The van der Waals surface area contributed by atoms with Crippen molar-refractivity contribution in [2.75, 3.05) is 18.5 Å². The van der Waals surface area contributed by atoms with E-state index in [1.54, 1.807) is 30.5 Å². The highest BCUT2D eigenvalue weighted by Gasteiger charge is 2.34. The number of alkyl halides is 3. The van der Waals surface area contributed by atoms with Crippen molar-refractivity contribution >= 4 is 16.7 Å². The molecular formula is C24H20F3N5O. The van der Waals surface area contributed by atoms with Gasteiger partial charge in [-0.25, -0.2) is 9.97 Å². The smallest absolute Gasteiger partial charge is 0.418 e. The van der Waals surface area contributed by atoms with Crippen LogP contribution in [0.4, 0.5) is 19.0 Å². The van der Waals surface area contributed by atoms with Crippen molar-refractivity contribution in [1.82, 2.24) is 19.9 Å². The van der Waals surface area contributed by atoms with Gasteiger partial charge in [0.05, 0.1) is 29.1 Å². The Morgan fingerprint density at radius 1 is 1.06 bits per heavy atom. The molecule has 1 aliphatic rings. The summed E-state index contributed by atoms with van der Waals surface area (Å²) in [7, 11) is 0. The van der Waals surface area contributed by atoms with Crippen molar-refractivity contribution in [2.45, 2.75) is 25.4 Å². The van der Waals surface area contributed by atoms with Crippen molar-refractivity contribution in [3.8, 4) is 17.0 Å². The van der Waals surface area contributed by atoms with Gasteiger partial charge in [-0.3, -0.25) is 9.97 Å². The summed E-state index contributed by atoms with van der Waals surface area (Å²) in [5.41, 5.74) is 1.91. The topological polar surface area (TPSA) is 72.8 Å². The third kappa shape index (κ3) is 4.18. The van der Waals surface area contributed by atoms with Gasteiger partial charge in [-0.2, -0.15) is 13.2 Å². The zero-order valence-electron chi connectivity index (χ0n) is 17.7. The fourth-order valence-corrected chi connectivity index (χ4v) is 4.03. The maximum atomic E-state index is 13.7. The minimum Gasteiger partial charge on any atom is -0.491 e. The maximum Gasteiger partial charge on any atom is 0.418 e. The lowest BCUT2D eigenvalue weighted by Gasteiger charge is -2.16. The molecule has 0 fully saturated rings. The van der Waals surface area contributed by atoms with Crippen molar-refractivity contribution in [1.29, 1.82) is 0 Å². The van der Waals surface area contributed by atoms with Crippen LogP contribution in [0.1, 0.15) is 29.7 Å². The van der Waals surface area contributed by atoms with Crippen LogP contribution >= 0.6 is 0 Å². The second kappa shape index (κ2) is 8.31. The van der Waals surface area contributed by atoms with Crippen LogP contribution in [-0.4, -0.2) is 33.1 Å². The first kappa shape index (κ1) is 21.1. The maximum absolute atomic E-state index is 13.7. The summed E-state index contributed by atoms with van der Waals surface area (Å²) in [5, 5.41) is 3.66. The van der Waals surface area contributed by atoms with Crippen LogP contribution in [-0.2, 0) is 12.6 Å². The molecule has 5 rings (SSSR count). The number of rotatable bonds is 5. The molecule has 1 unspecified atom stereocenters. The van der Waals surface area contributed by atoms with E-state index in [0.717, 1.165) is 29.5 Å². The number of halogens is 3. The third-order valence-electron chi connectivity index (χ3n) is 5.69. The minimum atomic E-state index is -4.53. The molecule has 3 aromatic heterocycles. The lowest BCUT2D eigenvalue weighted by Crippen LogP contribution is -2.12. The molecule has 1 N–H and O–H groups in total. The molecular weight excluding hydrogens is 431 g/mol. The number of aromatic nitrogens is 4. The van der Waals surface area contributed by atoms with E-state index < -0.39 is 11.7 Å². The van der Waals surface area contributed by atoms with E-state index in [9.17, 15) is 13.2 Å². The van der Waals surface area contributed by atoms with Gasteiger partial charge in [-0.15, -0.1) is 0 Å². The standard InChI is InChI=1S/C24H20F3N5O/c1-14(17-4-7-28-19-5-8-33-23(17)19)12-30-21-11-20(31-13-32-21)16-9-15-3-2-6-29-22(15)18(10-16)24(25,26)27/h2-4,6-7,9-11,13-14H,5,8,12H2,1H3,(H,30,31,32). The van der Waals surface area contributed by atoms with Gasteiger partial charge < -0.3 is 10.1 Å². The molecule has 1 aliphatic heterocycles. The average molecular weight is 451 g/mol. The van der Waals surface area contributed by atoms with Crippen LogP contribution in [0.15, 0.2) is 55.1 Å². The molecule has 168 valence electrons. The fourth-order valence-electron chi connectivity index (χ4n) is 4.03. The number of hydrogen-bond acceptors (Lipinski definition) is 6. The fraction of sp³-hybridized carbons (Fsp3) is 0.250. The molecule has 0 bridgehead atoms. The van der Waals surface area contributed by atoms with Crippen LogP contribution in [0.5, 0.6) is 5.75 Å². The number of benzene rings is 1. The second-order valence-corrected chi connectivity index (χ2v) is 7.94. The van der Waals surface area contributed by atoms with Gasteiger partial charge in [-0.1, -0.05) is 13.0 Å². The van der Waals surface area contributed by atoms with Crippen LogP contribution in [0.3, 0.4) is 0 Å². The first-order chi connectivity index (χ1) is 15.9. The van der Waals surface area contributed by atoms with E-state index in [-0.39, 0.29) is 11.4 Å². The monoisotopic (exact) mass is 451 g/mol. The highest BCUT2D eigenvalue weighted by atomic mass is 19.4. The molecule has 9 heteroatoms. The molecule has 1 atom stereocenters. The largest absolute Gasteiger partial charge is 0.491 e. The van der Waals surface area contributed by atoms with E-state index in [1.165, 1.54) is 12.5 Å². The first-order valence-corrected chi connectivity index (χ1v) is 10.5. The first-order valence-electron chi connectivity index (χ1n) is 10.5. The number of ether oxygens (including phenoxy) is 1. The van der Waals surface area contributed by atoms with E-state index in [4.69, 9.17) is 4.74 Å². The predicted octanol–water partition coefficient (Wildman–Crippen LogP) is 5.26. The van der Waals surface area contributed by atoms with Crippen molar-refractivity contribution in [3.63, 3.8) is 0 Å². The molecule has 4 aromatic rings. The van der Waals surface area contributed by atoms with E-state index in [1.807, 2.05) is 6.07 Å². The molecule has 0 amide bonds. The van der Waals surface area contributed by atoms with Crippen LogP contribution < -0.4 is 10.1 Å². The summed E-state index contributed by atoms with van der Waals surface area (Å²) in [6, 6.07) is 9.56. The van der Waals surface area contributed by atoms with E-state index in [0.29, 0.717) is 35.6 Å². The molecule has 4 heterocycles. The Kier molecular flexibility index (Phi) is 5.32.